The summed E-state index contributed by atoms with van der Waals surface area (Å²) in [5, 5.41) is 2.73. The van der Waals surface area contributed by atoms with Crippen molar-refractivity contribution in [2.45, 2.75) is 91.0 Å². The van der Waals surface area contributed by atoms with Crippen LogP contribution in [0.2, 0.25) is 0 Å². The van der Waals surface area contributed by atoms with Crippen LogP contribution < -0.4 is 5.32 Å². The van der Waals surface area contributed by atoms with Gasteiger partial charge >= 0.3 is 25.2 Å². The second-order valence-electron chi connectivity index (χ2n) is 18.6. The summed E-state index contributed by atoms with van der Waals surface area (Å²) in [5.74, 6) is -3.95. The number of hydrogen-bond acceptors (Lipinski definition) is 14. The Morgan fingerprint density at radius 2 is 1.46 bits per heavy atom. The Morgan fingerprint density at radius 3 is 2.05 bits per heavy atom. The van der Waals surface area contributed by atoms with Gasteiger partial charge in [-0.15, -0.1) is 11.3 Å². The third kappa shape index (κ3) is 11.5. The van der Waals surface area contributed by atoms with Crippen molar-refractivity contribution in [1.29, 1.82) is 0 Å². The zero-order valence-corrected chi connectivity index (χ0v) is 38.9. The predicted octanol–water partition coefficient (Wildman–Crippen LogP) is 5.02. The molecule has 23 heteroatoms. The first-order chi connectivity index (χ1) is 30.4. The number of alkyl halides is 4. The van der Waals surface area contributed by atoms with E-state index in [1.807, 2.05) is 0 Å². The van der Waals surface area contributed by atoms with E-state index in [2.05, 4.69) is 5.32 Å². The minimum Gasteiger partial charge on any atom is -0.438 e. The maximum atomic E-state index is 16.4. The Hall–Kier alpha value is -4.21. The van der Waals surface area contributed by atoms with Crippen molar-refractivity contribution < 1.29 is 74.2 Å². The highest BCUT2D eigenvalue weighted by molar-refractivity contribution is 7.54. The summed E-state index contributed by atoms with van der Waals surface area (Å²) < 4.78 is 99.4. The Labute approximate surface area is 377 Å². The Bertz CT molecular complexity index is 2140. The smallest absolute Gasteiger partial charge is 0.410 e. The lowest BCUT2D eigenvalue weighted by Gasteiger charge is -2.44. The van der Waals surface area contributed by atoms with E-state index < -0.39 is 98.1 Å². The van der Waals surface area contributed by atoms with Crippen molar-refractivity contribution >= 4 is 64.6 Å². The molecule has 5 heterocycles. The van der Waals surface area contributed by atoms with E-state index in [-0.39, 0.29) is 54.2 Å². The zero-order valence-electron chi connectivity index (χ0n) is 37.2. The van der Waals surface area contributed by atoms with Crippen LogP contribution in [0.5, 0.6) is 0 Å². The Kier molecular flexibility index (Phi) is 15.4. The molecule has 0 radical (unpaired) electrons. The molecule has 4 aliphatic rings. The summed E-state index contributed by atoms with van der Waals surface area (Å²) in [6.45, 7) is 7.97. The van der Waals surface area contributed by atoms with Crippen LogP contribution in [-0.2, 0) is 57.5 Å². The van der Waals surface area contributed by atoms with Gasteiger partial charge in [0.1, 0.15) is 12.1 Å². The quantitative estimate of drug-likeness (QED) is 0.115. The molecule has 65 heavy (non-hydrogen) atoms. The van der Waals surface area contributed by atoms with Gasteiger partial charge in [0, 0.05) is 55.6 Å². The van der Waals surface area contributed by atoms with Gasteiger partial charge in [0.2, 0.25) is 31.3 Å². The van der Waals surface area contributed by atoms with Crippen molar-refractivity contribution in [3.8, 4) is 0 Å². The minimum absolute atomic E-state index is 0.0447. The molecule has 17 nitrogen and oxygen atoms in total. The molecule has 1 aromatic heterocycles. The number of carbonyl (C=O) groups excluding carboxylic acids is 6. The van der Waals surface area contributed by atoms with Gasteiger partial charge in [0.25, 0.3) is 12.3 Å². The van der Waals surface area contributed by atoms with Gasteiger partial charge in [0.05, 0.1) is 41.4 Å². The third-order valence-electron chi connectivity index (χ3n) is 11.6. The molecule has 1 aromatic carbocycles. The summed E-state index contributed by atoms with van der Waals surface area (Å²) in [6, 6.07) is 1.60. The highest BCUT2D eigenvalue weighted by Gasteiger charge is 2.56. The lowest BCUT2D eigenvalue weighted by atomic mass is 9.96. The fourth-order valence-electron chi connectivity index (χ4n) is 7.88. The molecule has 3 atom stereocenters. The normalized spacial score (nSPS) is 21.7. The van der Waals surface area contributed by atoms with Gasteiger partial charge in [-0.2, -0.15) is 8.78 Å². The Balaban J connectivity index is 1.19. The van der Waals surface area contributed by atoms with E-state index in [1.165, 1.54) is 68.4 Å². The number of nitrogens with zero attached hydrogens (tertiary/aromatic N) is 4. The number of halogens is 4. The van der Waals surface area contributed by atoms with E-state index in [0.29, 0.717) is 50.3 Å². The summed E-state index contributed by atoms with van der Waals surface area (Å²) in [6.07, 6.45) is -1.70. The number of benzene rings is 1. The van der Waals surface area contributed by atoms with Gasteiger partial charge in [0.15, 0.2) is 0 Å². The molecule has 4 saturated heterocycles. The van der Waals surface area contributed by atoms with Crippen LogP contribution in [0.25, 0.3) is 10.1 Å². The first-order valence-corrected chi connectivity index (χ1v) is 23.7. The maximum Gasteiger partial charge on any atom is 0.410 e. The van der Waals surface area contributed by atoms with Gasteiger partial charge in [-0.1, -0.05) is 6.07 Å². The Morgan fingerprint density at radius 1 is 0.846 bits per heavy atom. The fourth-order valence-corrected chi connectivity index (χ4v) is 10.1. The topological polar surface area (TPSA) is 191 Å². The van der Waals surface area contributed by atoms with Gasteiger partial charge < -0.3 is 34.2 Å². The molecule has 0 aliphatic carbocycles. The molecule has 0 saturated carbocycles. The van der Waals surface area contributed by atoms with Crippen LogP contribution in [0.1, 0.15) is 76.0 Å². The van der Waals surface area contributed by atoms with E-state index in [1.54, 1.807) is 4.90 Å². The van der Waals surface area contributed by atoms with Crippen molar-refractivity contribution in [1.82, 2.24) is 24.9 Å². The van der Waals surface area contributed by atoms with E-state index >= 15 is 8.78 Å². The molecule has 4 fully saturated rings. The van der Waals surface area contributed by atoms with Gasteiger partial charge in [-0.05, 0) is 84.4 Å². The van der Waals surface area contributed by atoms with Crippen molar-refractivity contribution in [3.05, 3.63) is 34.7 Å². The molecule has 2 aromatic rings. The van der Waals surface area contributed by atoms with E-state index in [0.717, 1.165) is 23.5 Å². The number of morpholine rings is 1. The van der Waals surface area contributed by atoms with Gasteiger partial charge in [-0.3, -0.25) is 47.3 Å². The molecule has 1 N–H and O–H groups in total. The van der Waals surface area contributed by atoms with Crippen LogP contribution in [0.15, 0.2) is 24.3 Å². The number of nitrogens with one attached hydrogen (secondary N) is 1. The second-order valence-corrected chi connectivity index (χ2v) is 21.8. The molecule has 6 rings (SSSR count). The number of hydrogen-bond donors (Lipinski definition) is 1. The minimum atomic E-state index is -5.66. The van der Waals surface area contributed by atoms with Gasteiger partial charge in [-0.25, -0.2) is 8.78 Å². The number of likely N-dealkylation sites (tertiary alicyclic amines) is 1. The number of amides is 4. The molecule has 0 spiro atoms. The monoisotopic (exact) mass is 961 g/mol. The average molecular weight is 962 g/mol. The lowest BCUT2D eigenvalue weighted by molar-refractivity contribution is -0.163. The van der Waals surface area contributed by atoms with Crippen molar-refractivity contribution in [2.24, 2.45) is 16.7 Å². The molecular formula is C42H56F4N5O12PS. The first kappa shape index (κ1) is 50.2. The number of ether oxygens (including phenoxy) is 3. The number of esters is 2. The van der Waals surface area contributed by atoms with Crippen LogP contribution in [0.4, 0.5) is 17.6 Å². The summed E-state index contributed by atoms with van der Waals surface area (Å²) in [7, 11) is -5.66. The summed E-state index contributed by atoms with van der Waals surface area (Å²) in [4.78, 5) is 85.9. The number of carbonyl (C=O) groups is 6. The van der Waals surface area contributed by atoms with Crippen LogP contribution in [0.3, 0.4) is 0 Å². The number of fused-ring (bicyclic) bond motifs is 2. The first-order valence-electron chi connectivity index (χ1n) is 21.3. The second kappa shape index (κ2) is 19.9. The zero-order chi connectivity index (χ0) is 47.6. The maximum absolute atomic E-state index is 16.4. The SMILES string of the molecule is CC(C)(C)C(=O)OCOP(=O)(OCOC(=O)C(C)(C)C)C(F)(F)c1ccc2sc(C(=O)NC3CN(CC(F)F)CC[C@H]4CC[C@@H](C(=O)N5CC(C(=O)N6CCOCC6)C5)N4C3=O)cc2c1. The fraction of sp³-hybridized carbons (Fsp3) is 0.667. The number of thiophene rings is 1. The lowest BCUT2D eigenvalue weighted by Crippen LogP contribution is -2.64. The van der Waals surface area contributed by atoms with E-state index in [4.69, 9.17) is 23.3 Å². The highest BCUT2D eigenvalue weighted by Crippen LogP contribution is 2.67. The average Bonchev–Trinajstić information content (AvgIpc) is 3.85. The van der Waals surface area contributed by atoms with E-state index in [9.17, 15) is 42.1 Å². The molecule has 0 bridgehead atoms. The molecule has 4 aliphatic heterocycles. The summed E-state index contributed by atoms with van der Waals surface area (Å²) in [5.41, 5.74) is -7.47. The van der Waals surface area contributed by atoms with Crippen LogP contribution >= 0.6 is 18.9 Å². The van der Waals surface area contributed by atoms with Crippen LogP contribution in [0, 0.1) is 16.7 Å². The summed E-state index contributed by atoms with van der Waals surface area (Å²) >= 11 is 0.873. The number of rotatable bonds is 14. The molecular weight excluding hydrogens is 906 g/mol. The van der Waals surface area contributed by atoms with Crippen LogP contribution in [-0.4, -0.2) is 152 Å². The highest BCUT2D eigenvalue weighted by atomic mass is 32.1. The molecule has 4 amide bonds. The standard InChI is InChI=1S/C42H56F4N5O12PS/c1-40(2,3)38(56)60-23-62-64(58,63-24-61-39(57)41(4,5)6)42(45,46)27-7-10-31-25(17-27)18-32(65-31)34(52)47-29-21-48(22-33(43)44)12-11-28-8-9-30(51(28)36(29)54)37(55)50-19-26(20-50)35(53)49-13-15-59-16-14-49/h7,10,17-18,26,28-30,33H,8-9,11-16,19-24H2,1-6H3,(H,47,52)/t28-,29?,30+/m1/s1. The molecule has 1 unspecified atom stereocenters. The van der Waals surface area contributed by atoms with Crippen molar-refractivity contribution in [2.75, 3.05) is 72.6 Å². The largest absolute Gasteiger partial charge is 0.438 e. The third-order valence-corrected chi connectivity index (χ3v) is 14.6. The van der Waals surface area contributed by atoms with Crippen molar-refractivity contribution in [3.63, 3.8) is 0 Å². The predicted molar refractivity (Wildman–Crippen MR) is 226 cm³/mol. The molecule has 360 valence electrons.